The van der Waals surface area contributed by atoms with Gasteiger partial charge in [-0.25, -0.2) is 0 Å². The fourth-order valence-electron chi connectivity index (χ4n) is 3.06. The maximum Gasteiger partial charge on any atom is 0.100 e. The van der Waals surface area contributed by atoms with Crippen molar-refractivity contribution in [3.05, 3.63) is 40.6 Å². The zero-order valence-electron chi connectivity index (χ0n) is 11.5. The molecule has 0 N–H and O–H groups in total. The van der Waals surface area contributed by atoms with Gasteiger partial charge in [-0.3, -0.25) is 4.98 Å². The Balaban J connectivity index is 2.40. The van der Waals surface area contributed by atoms with Crippen molar-refractivity contribution in [2.24, 2.45) is 0 Å². The van der Waals surface area contributed by atoms with E-state index < -0.39 is 0 Å². The molecule has 0 saturated heterocycles. The first kappa shape index (κ1) is 12.2. The highest BCUT2D eigenvalue weighted by atomic mass is 14.7. The van der Waals surface area contributed by atoms with E-state index in [4.69, 9.17) is 4.98 Å². The predicted molar refractivity (Wildman–Crippen MR) is 77.2 cm³/mol. The maximum atomic E-state index is 9.54. The minimum Gasteiger partial charge on any atom is -0.252 e. The number of hydrogen-bond acceptors (Lipinski definition) is 2. The largest absolute Gasteiger partial charge is 0.252 e. The summed E-state index contributed by atoms with van der Waals surface area (Å²) in [6.45, 7) is 4.36. The van der Waals surface area contributed by atoms with Crippen molar-refractivity contribution in [3.63, 3.8) is 0 Å². The molecule has 2 heteroatoms. The van der Waals surface area contributed by atoms with E-state index in [2.05, 4.69) is 32.0 Å². The average Bonchev–Trinajstić information content (AvgIpc) is 2.43. The third-order valence-corrected chi connectivity index (χ3v) is 4.06. The number of benzene rings is 1. The summed E-state index contributed by atoms with van der Waals surface area (Å²) >= 11 is 0. The number of para-hydroxylation sites is 1. The molecule has 0 spiro atoms. The summed E-state index contributed by atoms with van der Waals surface area (Å²) in [6, 6.07) is 8.65. The number of rotatable bonds is 1. The maximum absolute atomic E-state index is 9.54. The van der Waals surface area contributed by atoms with Gasteiger partial charge < -0.3 is 0 Å². The van der Waals surface area contributed by atoms with Gasteiger partial charge in [0.25, 0.3) is 0 Å². The second-order valence-electron chi connectivity index (χ2n) is 5.63. The molecule has 1 aliphatic rings. The summed E-state index contributed by atoms with van der Waals surface area (Å²) in [5.41, 5.74) is 5.50. The molecule has 0 atom stereocenters. The van der Waals surface area contributed by atoms with Crippen LogP contribution in [0, 0.1) is 11.3 Å². The van der Waals surface area contributed by atoms with Crippen LogP contribution >= 0.6 is 0 Å². The highest BCUT2D eigenvalue weighted by Crippen LogP contribution is 2.32. The van der Waals surface area contributed by atoms with Crippen LogP contribution in [0.1, 0.15) is 55.0 Å². The molecule has 0 saturated carbocycles. The highest BCUT2D eigenvalue weighted by molar-refractivity contribution is 5.89. The molecule has 1 aromatic carbocycles. The first-order valence-corrected chi connectivity index (χ1v) is 7.07. The minimum atomic E-state index is 0.435. The Bertz CT molecular complexity index is 678. The van der Waals surface area contributed by atoms with E-state index in [9.17, 15) is 5.26 Å². The lowest BCUT2D eigenvalue weighted by Crippen LogP contribution is -2.09. The zero-order chi connectivity index (χ0) is 13.4. The van der Waals surface area contributed by atoms with Crippen LogP contribution in [-0.2, 0) is 12.8 Å². The first-order valence-electron chi connectivity index (χ1n) is 7.07. The van der Waals surface area contributed by atoms with Crippen molar-refractivity contribution < 1.29 is 0 Å². The number of aromatic nitrogens is 1. The number of hydrogen-bond donors (Lipinski definition) is 0. The molecule has 0 aliphatic heterocycles. The molecule has 0 fully saturated rings. The normalized spacial score (nSPS) is 14.4. The Kier molecular flexibility index (Phi) is 2.98. The van der Waals surface area contributed by atoms with Gasteiger partial charge in [0.2, 0.25) is 0 Å². The molecule has 0 radical (unpaired) electrons. The zero-order valence-corrected chi connectivity index (χ0v) is 11.5. The first-order chi connectivity index (χ1) is 9.22. The molecule has 3 rings (SSSR count). The Morgan fingerprint density at radius 3 is 2.74 bits per heavy atom. The van der Waals surface area contributed by atoms with Crippen LogP contribution in [-0.4, -0.2) is 4.98 Å². The number of pyridine rings is 1. The van der Waals surface area contributed by atoms with Gasteiger partial charge in [0.05, 0.1) is 11.1 Å². The van der Waals surface area contributed by atoms with E-state index in [0.29, 0.717) is 5.92 Å². The SMILES string of the molecule is CC(C)c1cccc2c(C#N)c3c(nc12)CCCC3. The third kappa shape index (κ3) is 1.90. The van der Waals surface area contributed by atoms with Gasteiger partial charge in [0, 0.05) is 11.1 Å². The van der Waals surface area contributed by atoms with Crippen LogP contribution < -0.4 is 0 Å². The lowest BCUT2D eigenvalue weighted by atomic mass is 9.88. The van der Waals surface area contributed by atoms with Gasteiger partial charge in [-0.1, -0.05) is 32.0 Å². The molecule has 0 unspecified atom stereocenters. The number of fused-ring (bicyclic) bond motifs is 2. The van der Waals surface area contributed by atoms with Gasteiger partial charge in [-0.2, -0.15) is 5.26 Å². The van der Waals surface area contributed by atoms with Gasteiger partial charge in [0.1, 0.15) is 6.07 Å². The third-order valence-electron chi connectivity index (χ3n) is 4.06. The van der Waals surface area contributed by atoms with Gasteiger partial charge in [-0.15, -0.1) is 0 Å². The summed E-state index contributed by atoms with van der Waals surface area (Å²) < 4.78 is 0. The molecular weight excluding hydrogens is 232 g/mol. The average molecular weight is 250 g/mol. The van der Waals surface area contributed by atoms with E-state index in [1.54, 1.807) is 0 Å². The summed E-state index contributed by atoms with van der Waals surface area (Å²) in [4.78, 5) is 4.89. The quantitative estimate of drug-likeness (QED) is 0.763. The summed E-state index contributed by atoms with van der Waals surface area (Å²) in [5.74, 6) is 0.435. The predicted octanol–water partition coefficient (Wildman–Crippen LogP) is 4.11. The van der Waals surface area contributed by atoms with Crippen LogP contribution in [0.15, 0.2) is 18.2 Å². The van der Waals surface area contributed by atoms with Crippen molar-refractivity contribution in [1.82, 2.24) is 4.98 Å². The fraction of sp³-hybridized carbons (Fsp3) is 0.412. The molecule has 2 aromatic rings. The molecular formula is C17H18N2. The van der Waals surface area contributed by atoms with E-state index in [1.165, 1.54) is 24.0 Å². The highest BCUT2D eigenvalue weighted by Gasteiger charge is 2.19. The molecule has 1 heterocycles. The Labute approximate surface area is 114 Å². The van der Waals surface area contributed by atoms with Gasteiger partial charge in [-0.05, 0) is 42.7 Å². The van der Waals surface area contributed by atoms with Crippen LogP contribution in [0.2, 0.25) is 0 Å². The number of aryl methyl sites for hydroxylation is 1. The monoisotopic (exact) mass is 250 g/mol. The van der Waals surface area contributed by atoms with Crippen LogP contribution in [0.3, 0.4) is 0 Å². The van der Waals surface area contributed by atoms with E-state index >= 15 is 0 Å². The standard InChI is InChI=1S/C17H18N2/c1-11(2)12-7-5-8-14-15(10-18)13-6-3-4-9-16(13)19-17(12)14/h5,7-8,11H,3-4,6,9H2,1-2H3. The molecule has 96 valence electrons. The van der Waals surface area contributed by atoms with Crippen LogP contribution in [0.4, 0.5) is 0 Å². The van der Waals surface area contributed by atoms with Crippen LogP contribution in [0.5, 0.6) is 0 Å². The number of nitrogens with zero attached hydrogens (tertiary/aromatic N) is 2. The Morgan fingerprint density at radius 1 is 1.21 bits per heavy atom. The van der Waals surface area contributed by atoms with Crippen molar-refractivity contribution in [2.75, 3.05) is 0 Å². The van der Waals surface area contributed by atoms with Crippen LogP contribution in [0.25, 0.3) is 10.9 Å². The van der Waals surface area contributed by atoms with Gasteiger partial charge >= 0.3 is 0 Å². The molecule has 19 heavy (non-hydrogen) atoms. The summed E-state index contributed by atoms with van der Waals surface area (Å²) in [7, 11) is 0. The lowest BCUT2D eigenvalue weighted by Gasteiger charge is -2.19. The minimum absolute atomic E-state index is 0.435. The van der Waals surface area contributed by atoms with E-state index in [0.717, 1.165) is 35.0 Å². The molecule has 0 bridgehead atoms. The van der Waals surface area contributed by atoms with Gasteiger partial charge in [0.15, 0.2) is 0 Å². The number of nitriles is 1. The second-order valence-corrected chi connectivity index (χ2v) is 5.63. The summed E-state index contributed by atoms with van der Waals surface area (Å²) in [6.07, 6.45) is 4.40. The Morgan fingerprint density at radius 2 is 2.00 bits per heavy atom. The van der Waals surface area contributed by atoms with Crippen molar-refractivity contribution in [1.29, 1.82) is 5.26 Å². The van der Waals surface area contributed by atoms with Crippen molar-refractivity contribution >= 4 is 10.9 Å². The molecule has 0 amide bonds. The fourth-order valence-corrected chi connectivity index (χ4v) is 3.06. The smallest absolute Gasteiger partial charge is 0.100 e. The molecule has 1 aliphatic carbocycles. The lowest BCUT2D eigenvalue weighted by molar-refractivity contribution is 0.669. The van der Waals surface area contributed by atoms with E-state index in [1.807, 2.05) is 6.07 Å². The Hall–Kier alpha value is -1.88. The van der Waals surface area contributed by atoms with Crippen molar-refractivity contribution in [3.8, 4) is 6.07 Å². The molecule has 1 aromatic heterocycles. The summed E-state index contributed by atoms with van der Waals surface area (Å²) in [5, 5.41) is 10.6. The topological polar surface area (TPSA) is 36.7 Å². The van der Waals surface area contributed by atoms with E-state index in [-0.39, 0.29) is 0 Å². The van der Waals surface area contributed by atoms with Crippen molar-refractivity contribution in [2.45, 2.75) is 45.4 Å². The second kappa shape index (κ2) is 4.66. The molecule has 2 nitrogen and oxygen atoms in total.